The quantitative estimate of drug-likeness (QED) is 0.473. The number of carboxylic acid groups (broad SMARTS) is 1. The number of carboxylic acids is 1. The van der Waals surface area contributed by atoms with Crippen LogP contribution >= 0.6 is 23.7 Å². The summed E-state index contributed by atoms with van der Waals surface area (Å²) >= 11 is 1.63. The molecule has 7 heteroatoms. The lowest BCUT2D eigenvalue weighted by Crippen LogP contribution is -1.99. The van der Waals surface area contributed by atoms with Gasteiger partial charge in [0.25, 0.3) is 0 Å². The van der Waals surface area contributed by atoms with Crippen molar-refractivity contribution >= 4 is 51.4 Å². The first-order valence-electron chi connectivity index (χ1n) is 8.04. The van der Waals surface area contributed by atoms with Crippen molar-refractivity contribution in [2.24, 2.45) is 0 Å². The standard InChI is InChI=1S/C20H15N3O2S.ClH/c1-12-21-18(23-15-9-7-14(8-10-15)20(24)25)16-11-17(26-19(16)22-12)13-5-3-2-4-6-13;/h2-11H,1H3,(H,24,25)(H,21,22,23);1H. The van der Waals surface area contributed by atoms with Crippen LogP contribution in [0.1, 0.15) is 16.2 Å². The van der Waals surface area contributed by atoms with Crippen LogP contribution in [0, 0.1) is 6.92 Å². The van der Waals surface area contributed by atoms with Crippen molar-refractivity contribution in [1.82, 2.24) is 9.97 Å². The van der Waals surface area contributed by atoms with Gasteiger partial charge in [-0.25, -0.2) is 14.8 Å². The summed E-state index contributed by atoms with van der Waals surface area (Å²) in [6.45, 7) is 1.86. The molecule has 0 aliphatic carbocycles. The molecule has 0 unspecified atom stereocenters. The van der Waals surface area contributed by atoms with Gasteiger partial charge in [-0.1, -0.05) is 30.3 Å². The van der Waals surface area contributed by atoms with Crippen molar-refractivity contribution in [3.63, 3.8) is 0 Å². The molecule has 2 N–H and O–H groups in total. The van der Waals surface area contributed by atoms with Gasteiger partial charge < -0.3 is 10.4 Å². The summed E-state index contributed by atoms with van der Waals surface area (Å²) in [5.74, 6) is 0.458. The third kappa shape index (κ3) is 3.92. The fourth-order valence-electron chi connectivity index (χ4n) is 2.70. The van der Waals surface area contributed by atoms with E-state index in [-0.39, 0.29) is 18.0 Å². The Balaban J connectivity index is 0.00000210. The highest BCUT2D eigenvalue weighted by molar-refractivity contribution is 7.21. The normalized spacial score (nSPS) is 10.4. The highest BCUT2D eigenvalue weighted by atomic mass is 35.5. The molecule has 0 atom stereocenters. The van der Waals surface area contributed by atoms with E-state index in [2.05, 4.69) is 33.5 Å². The number of halogens is 1. The molecule has 0 saturated heterocycles. The molecule has 0 bridgehead atoms. The molecular formula is C20H16ClN3O2S. The molecule has 0 aliphatic heterocycles. The number of aromatic nitrogens is 2. The summed E-state index contributed by atoms with van der Waals surface area (Å²) < 4.78 is 0. The fraction of sp³-hybridized carbons (Fsp3) is 0.0500. The number of nitrogens with one attached hydrogen (secondary N) is 1. The first-order valence-corrected chi connectivity index (χ1v) is 8.86. The largest absolute Gasteiger partial charge is 0.478 e. The lowest BCUT2D eigenvalue weighted by atomic mass is 10.2. The van der Waals surface area contributed by atoms with Gasteiger partial charge in [-0.05, 0) is 42.8 Å². The number of anilines is 2. The summed E-state index contributed by atoms with van der Waals surface area (Å²) in [7, 11) is 0. The van der Waals surface area contributed by atoms with Gasteiger partial charge in [-0.15, -0.1) is 23.7 Å². The van der Waals surface area contributed by atoms with Gasteiger partial charge in [0.2, 0.25) is 0 Å². The number of aromatic carboxylic acids is 1. The minimum Gasteiger partial charge on any atom is -0.478 e. The average molecular weight is 398 g/mol. The fourth-order valence-corrected chi connectivity index (χ4v) is 3.78. The number of hydrogen-bond donors (Lipinski definition) is 2. The molecule has 0 saturated carbocycles. The second-order valence-electron chi connectivity index (χ2n) is 5.82. The number of rotatable bonds is 4. The third-order valence-corrected chi connectivity index (χ3v) is 5.04. The number of nitrogens with zero attached hydrogens (tertiary/aromatic N) is 2. The second kappa shape index (κ2) is 7.73. The maximum atomic E-state index is 11.0. The summed E-state index contributed by atoms with van der Waals surface area (Å²) in [6.07, 6.45) is 0. The molecule has 4 rings (SSSR count). The Hall–Kier alpha value is -2.96. The predicted octanol–water partition coefficient (Wildman–Crippen LogP) is 5.53. The predicted molar refractivity (Wildman–Crippen MR) is 112 cm³/mol. The summed E-state index contributed by atoms with van der Waals surface area (Å²) in [5, 5.41) is 13.2. The minimum absolute atomic E-state index is 0. The number of hydrogen-bond acceptors (Lipinski definition) is 5. The number of carbonyl (C=O) groups is 1. The van der Waals surface area contributed by atoms with Crippen LogP contribution in [0.5, 0.6) is 0 Å². The van der Waals surface area contributed by atoms with E-state index in [1.807, 2.05) is 25.1 Å². The van der Waals surface area contributed by atoms with Crippen molar-refractivity contribution in [3.8, 4) is 10.4 Å². The van der Waals surface area contributed by atoms with E-state index in [1.54, 1.807) is 35.6 Å². The van der Waals surface area contributed by atoms with E-state index in [0.717, 1.165) is 26.3 Å². The maximum absolute atomic E-state index is 11.0. The first-order chi connectivity index (χ1) is 12.6. The molecule has 0 amide bonds. The van der Waals surface area contributed by atoms with E-state index in [4.69, 9.17) is 5.11 Å². The molecule has 0 aliphatic rings. The number of thiophene rings is 1. The SMILES string of the molecule is Cc1nc(Nc2ccc(C(=O)O)cc2)c2cc(-c3ccccc3)sc2n1.Cl. The molecule has 0 spiro atoms. The topological polar surface area (TPSA) is 75.1 Å². The summed E-state index contributed by atoms with van der Waals surface area (Å²) in [6, 6.07) is 18.9. The average Bonchev–Trinajstić information content (AvgIpc) is 3.07. The Labute approximate surface area is 166 Å². The Morgan fingerprint density at radius 3 is 2.41 bits per heavy atom. The van der Waals surface area contributed by atoms with Crippen molar-refractivity contribution in [2.45, 2.75) is 6.92 Å². The molecular weight excluding hydrogens is 382 g/mol. The van der Waals surface area contributed by atoms with Gasteiger partial charge in [0.05, 0.1) is 10.9 Å². The van der Waals surface area contributed by atoms with E-state index < -0.39 is 5.97 Å². The lowest BCUT2D eigenvalue weighted by molar-refractivity contribution is 0.0697. The minimum atomic E-state index is -0.942. The third-order valence-electron chi connectivity index (χ3n) is 3.96. The molecule has 5 nitrogen and oxygen atoms in total. The molecule has 0 radical (unpaired) electrons. The van der Waals surface area contributed by atoms with Crippen molar-refractivity contribution < 1.29 is 9.90 Å². The van der Waals surface area contributed by atoms with Gasteiger partial charge in [0, 0.05) is 10.6 Å². The van der Waals surface area contributed by atoms with Crippen LogP contribution in [0.4, 0.5) is 11.5 Å². The zero-order valence-electron chi connectivity index (χ0n) is 14.3. The van der Waals surface area contributed by atoms with Gasteiger partial charge >= 0.3 is 5.97 Å². The number of benzene rings is 2. The molecule has 136 valence electrons. The Morgan fingerprint density at radius 2 is 1.74 bits per heavy atom. The number of fused-ring (bicyclic) bond motifs is 1. The van der Waals surface area contributed by atoms with Crippen LogP contribution in [-0.2, 0) is 0 Å². The van der Waals surface area contributed by atoms with Crippen LogP contribution in [0.3, 0.4) is 0 Å². The Morgan fingerprint density at radius 1 is 1.04 bits per heavy atom. The van der Waals surface area contributed by atoms with E-state index in [0.29, 0.717) is 11.6 Å². The van der Waals surface area contributed by atoms with E-state index in [1.165, 1.54) is 0 Å². The highest BCUT2D eigenvalue weighted by Crippen LogP contribution is 2.36. The smallest absolute Gasteiger partial charge is 0.335 e. The van der Waals surface area contributed by atoms with Crippen LogP contribution in [0.25, 0.3) is 20.7 Å². The van der Waals surface area contributed by atoms with Gasteiger partial charge in [-0.3, -0.25) is 0 Å². The first kappa shape index (κ1) is 18.8. The number of aryl methyl sites for hydroxylation is 1. The van der Waals surface area contributed by atoms with Crippen molar-refractivity contribution in [2.75, 3.05) is 5.32 Å². The summed E-state index contributed by atoms with van der Waals surface area (Å²) in [5.41, 5.74) is 2.17. The molecule has 4 aromatic rings. The second-order valence-corrected chi connectivity index (χ2v) is 6.85. The molecule has 2 aromatic carbocycles. The van der Waals surface area contributed by atoms with E-state index in [9.17, 15) is 4.79 Å². The van der Waals surface area contributed by atoms with Crippen LogP contribution < -0.4 is 5.32 Å². The maximum Gasteiger partial charge on any atom is 0.335 e. The van der Waals surface area contributed by atoms with Gasteiger partial charge in [0.15, 0.2) is 0 Å². The van der Waals surface area contributed by atoms with Crippen LogP contribution in [0.2, 0.25) is 0 Å². The van der Waals surface area contributed by atoms with Crippen LogP contribution in [0.15, 0.2) is 60.7 Å². The molecule has 2 aromatic heterocycles. The summed E-state index contributed by atoms with van der Waals surface area (Å²) in [4.78, 5) is 22.1. The zero-order chi connectivity index (χ0) is 18.1. The molecule has 0 fully saturated rings. The van der Waals surface area contributed by atoms with E-state index >= 15 is 0 Å². The molecule has 2 heterocycles. The lowest BCUT2D eigenvalue weighted by Gasteiger charge is -2.07. The monoisotopic (exact) mass is 397 g/mol. The van der Waals surface area contributed by atoms with Crippen LogP contribution in [-0.4, -0.2) is 21.0 Å². The van der Waals surface area contributed by atoms with Crippen molar-refractivity contribution in [1.29, 1.82) is 0 Å². The van der Waals surface area contributed by atoms with Crippen molar-refractivity contribution in [3.05, 3.63) is 72.1 Å². The highest BCUT2D eigenvalue weighted by Gasteiger charge is 2.12. The molecule has 27 heavy (non-hydrogen) atoms. The Bertz CT molecular complexity index is 1100. The van der Waals surface area contributed by atoms with Gasteiger partial charge in [0.1, 0.15) is 16.5 Å². The van der Waals surface area contributed by atoms with Gasteiger partial charge in [-0.2, -0.15) is 0 Å². The Kier molecular flexibility index (Phi) is 5.39. The zero-order valence-corrected chi connectivity index (χ0v) is 16.0.